The van der Waals surface area contributed by atoms with Gasteiger partial charge in [0.2, 0.25) is 15.9 Å². The van der Waals surface area contributed by atoms with E-state index in [2.05, 4.69) is 9.62 Å². The molecule has 0 aliphatic carbocycles. The topological polar surface area (TPSA) is 90.0 Å². The van der Waals surface area contributed by atoms with Gasteiger partial charge in [-0.25, -0.2) is 13.1 Å². The number of nitrogens with one attached hydrogen (secondary N) is 1. The number of rotatable bonds is 7. The van der Waals surface area contributed by atoms with Crippen LogP contribution in [0.5, 0.6) is 0 Å². The summed E-state index contributed by atoms with van der Waals surface area (Å²) in [6, 6.07) is 7.74. The lowest BCUT2D eigenvalue weighted by Gasteiger charge is -2.38. The zero-order valence-corrected chi connectivity index (χ0v) is 18.6. The summed E-state index contributed by atoms with van der Waals surface area (Å²) in [6.45, 7) is 3.52. The van der Waals surface area contributed by atoms with Crippen LogP contribution < -0.4 is 4.72 Å². The fourth-order valence-electron chi connectivity index (χ4n) is 4.06. The number of aliphatic hydroxyl groups excluding tert-OH is 1. The first kappa shape index (κ1) is 24.1. The van der Waals surface area contributed by atoms with Crippen LogP contribution in [0.3, 0.4) is 0 Å². The summed E-state index contributed by atoms with van der Waals surface area (Å²) < 4.78 is 24.8. The van der Waals surface area contributed by atoms with Crippen LogP contribution >= 0.6 is 12.4 Å². The molecule has 0 unspecified atom stereocenters. The van der Waals surface area contributed by atoms with Gasteiger partial charge in [-0.05, 0) is 36.8 Å². The number of β-amino-alcohol motifs (C(OH)–C–C–N with tert-alkyl or cyclic N) is 1. The Hall–Kier alpha value is -1.19. The number of nitrogens with zero attached hydrogens (tertiary/aromatic N) is 2. The predicted molar refractivity (Wildman–Crippen MR) is 115 cm³/mol. The zero-order valence-electron chi connectivity index (χ0n) is 16.9. The van der Waals surface area contributed by atoms with Gasteiger partial charge < -0.3 is 10.0 Å². The Kier molecular flexibility index (Phi) is 8.91. The van der Waals surface area contributed by atoms with E-state index in [0.717, 1.165) is 62.7 Å². The van der Waals surface area contributed by atoms with E-state index in [1.54, 1.807) is 0 Å². The number of halogens is 1. The summed E-state index contributed by atoms with van der Waals surface area (Å²) in [7, 11) is -3.22. The summed E-state index contributed by atoms with van der Waals surface area (Å²) in [5.74, 6) is 0.145. The van der Waals surface area contributed by atoms with Crippen molar-refractivity contribution in [3.63, 3.8) is 0 Å². The highest BCUT2D eigenvalue weighted by atomic mass is 35.5. The second kappa shape index (κ2) is 10.7. The van der Waals surface area contributed by atoms with Crippen molar-refractivity contribution in [2.24, 2.45) is 0 Å². The molecule has 1 aromatic carbocycles. The Morgan fingerprint density at radius 2 is 1.83 bits per heavy atom. The molecule has 3 rings (SSSR count). The maximum Gasteiger partial charge on any atom is 0.227 e. The summed E-state index contributed by atoms with van der Waals surface area (Å²) in [5.41, 5.74) is 1.80. The number of sulfonamides is 1. The van der Waals surface area contributed by atoms with Gasteiger partial charge in [0.15, 0.2) is 0 Å². The minimum absolute atomic E-state index is 0. The second-order valence-corrected chi connectivity index (χ2v) is 9.86. The first-order chi connectivity index (χ1) is 13.3. The molecule has 0 bridgehead atoms. The number of amides is 1. The fraction of sp³-hybridized carbons (Fsp3) is 0.650. The van der Waals surface area contributed by atoms with Crippen LogP contribution in [0.25, 0.3) is 0 Å². The van der Waals surface area contributed by atoms with E-state index in [0.29, 0.717) is 13.0 Å². The van der Waals surface area contributed by atoms with Crippen molar-refractivity contribution in [3.05, 3.63) is 35.4 Å². The smallest absolute Gasteiger partial charge is 0.227 e. The van der Waals surface area contributed by atoms with Crippen molar-refractivity contribution in [1.82, 2.24) is 14.5 Å². The molecule has 0 saturated carbocycles. The van der Waals surface area contributed by atoms with Crippen LogP contribution in [0.1, 0.15) is 36.8 Å². The van der Waals surface area contributed by atoms with E-state index in [9.17, 15) is 18.3 Å². The van der Waals surface area contributed by atoms with Crippen molar-refractivity contribution in [2.45, 2.75) is 50.8 Å². The highest BCUT2D eigenvalue weighted by molar-refractivity contribution is 7.88. The van der Waals surface area contributed by atoms with Crippen molar-refractivity contribution < 1.29 is 18.3 Å². The predicted octanol–water partition coefficient (Wildman–Crippen LogP) is 1.15. The Balaban J connectivity index is 0.00000300. The third kappa shape index (κ3) is 7.53. The maximum absolute atomic E-state index is 12.9. The van der Waals surface area contributed by atoms with Gasteiger partial charge in [0, 0.05) is 38.8 Å². The number of aliphatic hydroxyl groups is 1. The molecule has 2 fully saturated rings. The van der Waals surface area contributed by atoms with Gasteiger partial charge in [-0.2, -0.15) is 0 Å². The first-order valence-electron chi connectivity index (χ1n) is 10.0. The fourth-order valence-corrected chi connectivity index (χ4v) is 4.49. The number of carbonyl (C=O) groups is 1. The number of carbonyl (C=O) groups excluding carboxylic acids is 1. The molecule has 164 valence electrons. The summed E-state index contributed by atoms with van der Waals surface area (Å²) >= 11 is 0. The molecule has 1 amide bonds. The molecule has 0 spiro atoms. The van der Waals surface area contributed by atoms with E-state index in [-0.39, 0.29) is 37.0 Å². The molecule has 2 atom stereocenters. The molecule has 2 saturated heterocycles. The van der Waals surface area contributed by atoms with Crippen molar-refractivity contribution in [1.29, 1.82) is 0 Å². The molecule has 9 heteroatoms. The molecular weight excluding hydrogens is 414 g/mol. The molecule has 7 nitrogen and oxygen atoms in total. The molecule has 0 aromatic heterocycles. The minimum Gasteiger partial charge on any atom is -0.392 e. The van der Waals surface area contributed by atoms with E-state index in [4.69, 9.17) is 0 Å². The van der Waals surface area contributed by atoms with Gasteiger partial charge in [0.1, 0.15) is 0 Å². The number of hydrogen-bond donors (Lipinski definition) is 2. The van der Waals surface area contributed by atoms with Crippen LogP contribution in [0.4, 0.5) is 0 Å². The number of benzene rings is 1. The molecule has 2 N–H and O–H groups in total. The summed E-state index contributed by atoms with van der Waals surface area (Å²) in [6.07, 6.45) is 5.30. The SMILES string of the molecule is CS(=O)(=O)NCc1ccc(CC(=O)N2CCCC[C@H]2CN2CC[C@H](O)C2)cc1.Cl. The maximum atomic E-state index is 12.9. The molecule has 29 heavy (non-hydrogen) atoms. The average Bonchev–Trinajstić information content (AvgIpc) is 3.05. The van der Waals surface area contributed by atoms with Gasteiger partial charge in [-0.1, -0.05) is 24.3 Å². The molecule has 2 aliphatic heterocycles. The van der Waals surface area contributed by atoms with Crippen LogP contribution in [-0.2, 0) is 27.8 Å². The normalized spacial score (nSPS) is 23.0. The lowest BCUT2D eigenvalue weighted by atomic mass is 10.00. The van der Waals surface area contributed by atoms with Gasteiger partial charge in [-0.3, -0.25) is 9.69 Å². The average molecular weight is 446 g/mol. The van der Waals surface area contributed by atoms with E-state index in [1.807, 2.05) is 29.2 Å². The third-order valence-electron chi connectivity index (χ3n) is 5.58. The monoisotopic (exact) mass is 445 g/mol. The van der Waals surface area contributed by atoms with Gasteiger partial charge >= 0.3 is 0 Å². The van der Waals surface area contributed by atoms with Crippen molar-refractivity contribution in [3.8, 4) is 0 Å². The third-order valence-corrected chi connectivity index (χ3v) is 6.25. The van der Waals surface area contributed by atoms with Crippen LogP contribution in [-0.4, -0.2) is 73.8 Å². The molecule has 2 aliphatic rings. The summed E-state index contributed by atoms with van der Waals surface area (Å²) in [4.78, 5) is 17.2. The van der Waals surface area contributed by atoms with E-state index < -0.39 is 10.0 Å². The van der Waals surface area contributed by atoms with Crippen LogP contribution in [0, 0.1) is 0 Å². The van der Waals surface area contributed by atoms with E-state index in [1.165, 1.54) is 0 Å². The number of piperidine rings is 1. The lowest BCUT2D eigenvalue weighted by Crippen LogP contribution is -2.49. The summed E-state index contributed by atoms with van der Waals surface area (Å²) in [5, 5.41) is 9.74. The highest BCUT2D eigenvalue weighted by Crippen LogP contribution is 2.21. The molecule has 1 aromatic rings. The number of hydrogen-bond acceptors (Lipinski definition) is 5. The number of likely N-dealkylation sites (tertiary alicyclic amines) is 2. The quantitative estimate of drug-likeness (QED) is 0.657. The van der Waals surface area contributed by atoms with E-state index >= 15 is 0 Å². The highest BCUT2D eigenvalue weighted by Gasteiger charge is 2.30. The van der Waals surface area contributed by atoms with Crippen molar-refractivity contribution in [2.75, 3.05) is 32.4 Å². The molecular formula is C20H32ClN3O4S. The Labute approximate surface area is 179 Å². The first-order valence-corrected chi connectivity index (χ1v) is 11.9. The van der Waals surface area contributed by atoms with Crippen LogP contribution in [0.15, 0.2) is 24.3 Å². The minimum atomic E-state index is -3.22. The lowest BCUT2D eigenvalue weighted by molar-refractivity contribution is -0.134. The Morgan fingerprint density at radius 3 is 2.45 bits per heavy atom. The molecule has 2 heterocycles. The second-order valence-electron chi connectivity index (χ2n) is 8.03. The van der Waals surface area contributed by atoms with Crippen molar-refractivity contribution >= 4 is 28.3 Å². The zero-order chi connectivity index (χ0) is 20.1. The van der Waals surface area contributed by atoms with Gasteiger partial charge in [-0.15, -0.1) is 12.4 Å². The van der Waals surface area contributed by atoms with Crippen LogP contribution in [0.2, 0.25) is 0 Å². The molecule has 0 radical (unpaired) electrons. The Morgan fingerprint density at radius 1 is 1.14 bits per heavy atom. The largest absolute Gasteiger partial charge is 0.392 e. The Bertz CT molecular complexity index is 772. The van der Waals surface area contributed by atoms with Gasteiger partial charge in [0.05, 0.1) is 18.8 Å². The van der Waals surface area contributed by atoms with Gasteiger partial charge in [0.25, 0.3) is 0 Å². The standard InChI is InChI=1S/C20H31N3O4S.ClH/c1-28(26,27)21-13-17-7-5-16(6-8-17)12-20(25)23-10-3-2-4-18(23)14-22-11-9-19(24)15-22;/h5-8,18-19,21,24H,2-4,9-15H2,1H3;1H/t18-,19-;/m0./s1.